The fourth-order valence-electron chi connectivity index (χ4n) is 2.18. The molecule has 2 aromatic heterocycles. The van der Waals surface area contributed by atoms with E-state index < -0.39 is 0 Å². The number of nitrogens with one attached hydrogen (secondary N) is 1. The normalized spacial score (nSPS) is 11.2. The van der Waals surface area contributed by atoms with Crippen LogP contribution in [0.25, 0.3) is 10.9 Å². The van der Waals surface area contributed by atoms with E-state index in [0.717, 1.165) is 30.5 Å². The minimum absolute atomic E-state index is 0.181. The third kappa shape index (κ3) is 2.85. The lowest BCUT2D eigenvalue weighted by molar-refractivity contribution is 0.608. The van der Waals surface area contributed by atoms with Crippen molar-refractivity contribution in [1.82, 2.24) is 9.88 Å². The van der Waals surface area contributed by atoms with E-state index in [-0.39, 0.29) is 5.82 Å². The molecule has 0 spiro atoms. The molecule has 0 radical (unpaired) electrons. The van der Waals surface area contributed by atoms with Crippen LogP contribution in [0, 0.1) is 5.82 Å². The largest absolute Gasteiger partial charge is 0.346 e. The Labute approximate surface area is 115 Å². The molecule has 0 aliphatic rings. The third-order valence-electron chi connectivity index (χ3n) is 3.14. The van der Waals surface area contributed by atoms with Crippen LogP contribution in [0.15, 0.2) is 48.0 Å². The zero-order chi connectivity index (χ0) is 13.1. The molecule has 98 valence electrons. The molecule has 3 aromatic rings. The number of hydrogen-bond donors (Lipinski definition) is 1. The molecule has 0 atom stereocenters. The molecule has 1 N–H and O–H groups in total. The van der Waals surface area contributed by atoms with Gasteiger partial charge in [-0.05, 0) is 41.1 Å². The zero-order valence-corrected chi connectivity index (χ0v) is 11.3. The van der Waals surface area contributed by atoms with Crippen LogP contribution in [0.5, 0.6) is 0 Å². The summed E-state index contributed by atoms with van der Waals surface area (Å²) in [6.07, 6.45) is 2.01. The molecule has 2 nitrogen and oxygen atoms in total. The van der Waals surface area contributed by atoms with Gasteiger partial charge in [-0.3, -0.25) is 0 Å². The van der Waals surface area contributed by atoms with Gasteiger partial charge in [0.1, 0.15) is 5.82 Å². The highest BCUT2D eigenvalue weighted by Crippen LogP contribution is 2.16. The topological polar surface area (TPSA) is 17.0 Å². The predicted octanol–water partition coefficient (Wildman–Crippen LogP) is 3.63. The van der Waals surface area contributed by atoms with Crippen LogP contribution in [0.3, 0.4) is 0 Å². The molecule has 1 aromatic carbocycles. The Hall–Kier alpha value is -1.65. The second kappa shape index (κ2) is 5.55. The lowest BCUT2D eigenvalue weighted by Crippen LogP contribution is -2.18. The first-order chi connectivity index (χ1) is 9.33. The van der Waals surface area contributed by atoms with Crippen molar-refractivity contribution < 1.29 is 4.39 Å². The molecule has 0 saturated heterocycles. The minimum Gasteiger partial charge on any atom is -0.346 e. The van der Waals surface area contributed by atoms with E-state index in [1.54, 1.807) is 17.4 Å². The Morgan fingerprint density at radius 3 is 3.00 bits per heavy atom. The van der Waals surface area contributed by atoms with Crippen LogP contribution in [-0.2, 0) is 13.1 Å². The summed E-state index contributed by atoms with van der Waals surface area (Å²) in [6, 6.07) is 11.1. The number of rotatable bonds is 5. The highest BCUT2D eigenvalue weighted by atomic mass is 32.1. The molecule has 0 amide bonds. The van der Waals surface area contributed by atoms with Gasteiger partial charge in [0, 0.05) is 30.7 Å². The Balaban J connectivity index is 1.60. The molecule has 2 heterocycles. The van der Waals surface area contributed by atoms with Crippen LogP contribution in [0.4, 0.5) is 4.39 Å². The molecule has 0 saturated carbocycles. The van der Waals surface area contributed by atoms with Gasteiger partial charge >= 0.3 is 0 Å². The molecule has 0 bridgehead atoms. The second-order valence-corrected chi connectivity index (χ2v) is 5.50. The van der Waals surface area contributed by atoms with Gasteiger partial charge in [0.2, 0.25) is 0 Å². The van der Waals surface area contributed by atoms with Crippen molar-refractivity contribution in [3.63, 3.8) is 0 Å². The Morgan fingerprint density at radius 1 is 1.21 bits per heavy atom. The van der Waals surface area contributed by atoms with Gasteiger partial charge in [-0.1, -0.05) is 6.07 Å². The lowest BCUT2D eigenvalue weighted by Gasteiger charge is -2.06. The summed E-state index contributed by atoms with van der Waals surface area (Å²) >= 11 is 1.76. The van der Waals surface area contributed by atoms with Crippen molar-refractivity contribution in [1.29, 1.82) is 0 Å². The Morgan fingerprint density at radius 2 is 2.16 bits per heavy atom. The maximum atomic E-state index is 13.2. The van der Waals surface area contributed by atoms with Gasteiger partial charge in [-0.2, -0.15) is 0 Å². The van der Waals surface area contributed by atoms with Crippen LogP contribution in [0.2, 0.25) is 0 Å². The fraction of sp³-hybridized carbons (Fsp3) is 0.200. The number of halogens is 1. The Bertz CT molecular complexity index is 658. The molecule has 3 rings (SSSR count). The van der Waals surface area contributed by atoms with Crippen molar-refractivity contribution in [2.24, 2.45) is 0 Å². The number of fused-ring (bicyclic) bond motifs is 1. The number of nitrogens with zero attached hydrogens (tertiary/aromatic N) is 1. The summed E-state index contributed by atoms with van der Waals surface area (Å²) in [6.45, 7) is 2.61. The monoisotopic (exact) mass is 274 g/mol. The minimum atomic E-state index is -0.181. The standard InChI is InChI=1S/C15H15FN2S/c16-13-4-3-12-5-7-18(15(12)10-13)8-6-17-11-14-2-1-9-19-14/h1-5,7,9-10,17H,6,8,11H2. The second-order valence-electron chi connectivity index (χ2n) is 4.47. The highest BCUT2D eigenvalue weighted by Gasteiger charge is 2.02. The van der Waals surface area contributed by atoms with Crippen LogP contribution in [0.1, 0.15) is 4.88 Å². The summed E-state index contributed by atoms with van der Waals surface area (Å²) in [5.41, 5.74) is 0.956. The van der Waals surface area contributed by atoms with Gasteiger partial charge < -0.3 is 9.88 Å². The first kappa shape index (κ1) is 12.4. The van der Waals surface area contributed by atoms with E-state index in [9.17, 15) is 4.39 Å². The Kier molecular flexibility index (Phi) is 3.62. The average molecular weight is 274 g/mol. The van der Waals surface area contributed by atoms with Gasteiger partial charge in [0.15, 0.2) is 0 Å². The first-order valence-electron chi connectivity index (χ1n) is 6.30. The van der Waals surface area contributed by atoms with Crippen molar-refractivity contribution in [2.75, 3.05) is 6.54 Å². The van der Waals surface area contributed by atoms with E-state index in [4.69, 9.17) is 0 Å². The molecular weight excluding hydrogens is 259 g/mol. The SMILES string of the molecule is Fc1ccc2ccn(CCNCc3cccs3)c2c1. The summed E-state index contributed by atoms with van der Waals surface area (Å²) < 4.78 is 15.3. The van der Waals surface area contributed by atoms with E-state index in [0.29, 0.717) is 0 Å². The summed E-state index contributed by atoms with van der Waals surface area (Å²) in [5, 5.41) is 6.57. The van der Waals surface area contributed by atoms with Crippen molar-refractivity contribution in [2.45, 2.75) is 13.1 Å². The van der Waals surface area contributed by atoms with Gasteiger partial charge in [0.05, 0.1) is 5.52 Å². The van der Waals surface area contributed by atoms with Crippen molar-refractivity contribution >= 4 is 22.2 Å². The predicted molar refractivity (Wildman–Crippen MR) is 77.9 cm³/mol. The third-order valence-corrected chi connectivity index (χ3v) is 4.02. The van der Waals surface area contributed by atoms with Gasteiger partial charge in [0.25, 0.3) is 0 Å². The van der Waals surface area contributed by atoms with E-state index in [1.165, 1.54) is 10.9 Å². The summed E-state index contributed by atoms with van der Waals surface area (Å²) in [7, 11) is 0. The van der Waals surface area contributed by atoms with Crippen LogP contribution < -0.4 is 5.32 Å². The van der Waals surface area contributed by atoms with Crippen molar-refractivity contribution in [3.8, 4) is 0 Å². The fourth-order valence-corrected chi connectivity index (χ4v) is 2.85. The molecule has 0 aliphatic carbocycles. The molecule has 0 fully saturated rings. The van der Waals surface area contributed by atoms with Crippen molar-refractivity contribution in [3.05, 3.63) is 58.7 Å². The smallest absolute Gasteiger partial charge is 0.125 e. The van der Waals surface area contributed by atoms with Crippen LogP contribution in [-0.4, -0.2) is 11.1 Å². The summed E-state index contributed by atoms with van der Waals surface area (Å²) in [4.78, 5) is 1.34. The van der Waals surface area contributed by atoms with E-state index >= 15 is 0 Å². The maximum Gasteiger partial charge on any atom is 0.125 e. The molecule has 4 heteroatoms. The first-order valence-corrected chi connectivity index (χ1v) is 7.18. The van der Waals surface area contributed by atoms with E-state index in [2.05, 4.69) is 27.4 Å². The molecule has 19 heavy (non-hydrogen) atoms. The number of aromatic nitrogens is 1. The van der Waals surface area contributed by atoms with E-state index in [1.807, 2.05) is 18.3 Å². The molecule has 0 aliphatic heterocycles. The summed E-state index contributed by atoms with van der Waals surface area (Å²) in [5.74, 6) is -0.181. The van der Waals surface area contributed by atoms with Gasteiger partial charge in [-0.15, -0.1) is 11.3 Å². The highest BCUT2D eigenvalue weighted by molar-refractivity contribution is 7.09. The molecular formula is C15H15FN2S. The number of thiophene rings is 1. The maximum absolute atomic E-state index is 13.2. The zero-order valence-electron chi connectivity index (χ0n) is 10.5. The quantitative estimate of drug-likeness (QED) is 0.703. The van der Waals surface area contributed by atoms with Gasteiger partial charge in [-0.25, -0.2) is 4.39 Å². The average Bonchev–Trinajstić information content (AvgIpc) is 3.04. The van der Waals surface area contributed by atoms with Crippen LogP contribution >= 0.6 is 11.3 Å². The number of hydrogen-bond acceptors (Lipinski definition) is 2. The number of benzene rings is 1. The lowest BCUT2D eigenvalue weighted by atomic mass is 10.2. The molecule has 0 unspecified atom stereocenters.